The number of methoxy groups -OCH3 is 1. The van der Waals surface area contributed by atoms with Crippen LogP contribution >= 0.6 is 0 Å². The zero-order valence-corrected chi connectivity index (χ0v) is 20.0. The van der Waals surface area contributed by atoms with E-state index in [1.807, 2.05) is 24.0 Å². The Hall–Kier alpha value is -2.89. The molecular weight excluding hydrogens is 450 g/mol. The smallest absolute Gasteiger partial charge is 0.374 e. The summed E-state index contributed by atoms with van der Waals surface area (Å²) in [6.45, 7) is 6.61. The molecule has 1 saturated heterocycles. The Labute approximate surface area is 193 Å². The summed E-state index contributed by atoms with van der Waals surface area (Å²) in [5.74, 6) is -0.516. The number of amides is 1. The van der Waals surface area contributed by atoms with Gasteiger partial charge in [0.15, 0.2) is 0 Å². The van der Waals surface area contributed by atoms with Crippen LogP contribution in [0.2, 0.25) is 0 Å². The van der Waals surface area contributed by atoms with E-state index in [1.54, 1.807) is 19.9 Å². The maximum absolute atomic E-state index is 12.9. The van der Waals surface area contributed by atoms with Crippen molar-refractivity contribution in [3.8, 4) is 5.75 Å². The lowest BCUT2D eigenvalue weighted by molar-refractivity contribution is -0.121. The third-order valence-electron chi connectivity index (χ3n) is 5.47. The van der Waals surface area contributed by atoms with Crippen molar-refractivity contribution in [1.82, 2.24) is 9.21 Å². The van der Waals surface area contributed by atoms with Crippen molar-refractivity contribution < 1.29 is 31.9 Å². The Bertz CT molecular complexity index is 1100. The zero-order chi connectivity index (χ0) is 24.2. The maximum atomic E-state index is 12.9. The number of hydrogen-bond acceptors (Lipinski definition) is 8. The van der Waals surface area contributed by atoms with Crippen LogP contribution in [-0.4, -0.2) is 75.4 Å². The van der Waals surface area contributed by atoms with Crippen molar-refractivity contribution in [1.29, 1.82) is 0 Å². The van der Waals surface area contributed by atoms with Gasteiger partial charge in [-0.15, -0.1) is 0 Å². The van der Waals surface area contributed by atoms with Gasteiger partial charge in [0.1, 0.15) is 5.75 Å². The molecule has 0 aliphatic carbocycles. The molecule has 0 saturated carbocycles. The molecule has 1 N–H and O–H groups in total. The second kappa shape index (κ2) is 10.4. The van der Waals surface area contributed by atoms with E-state index in [1.165, 1.54) is 23.5 Å². The predicted molar refractivity (Wildman–Crippen MR) is 121 cm³/mol. The second-order valence-corrected chi connectivity index (χ2v) is 9.52. The number of furan rings is 1. The molecule has 180 valence electrons. The summed E-state index contributed by atoms with van der Waals surface area (Å²) in [7, 11) is -2.37. The fourth-order valence-electron chi connectivity index (χ4n) is 3.55. The molecule has 1 unspecified atom stereocenters. The third-order valence-corrected chi connectivity index (χ3v) is 7.24. The number of esters is 1. The first-order valence-corrected chi connectivity index (χ1v) is 12.1. The van der Waals surface area contributed by atoms with Crippen LogP contribution in [0.15, 0.2) is 39.8 Å². The van der Waals surface area contributed by atoms with Gasteiger partial charge in [-0.2, -0.15) is 4.31 Å². The topological polar surface area (TPSA) is 118 Å². The highest BCUT2D eigenvalue weighted by molar-refractivity contribution is 7.89. The molecule has 3 rings (SSSR count). The molecule has 33 heavy (non-hydrogen) atoms. The van der Waals surface area contributed by atoms with Gasteiger partial charge in [0.25, 0.3) is 10.0 Å². The number of nitrogens with one attached hydrogen (secondary N) is 1. The van der Waals surface area contributed by atoms with E-state index < -0.39 is 22.0 Å². The summed E-state index contributed by atoms with van der Waals surface area (Å²) in [4.78, 5) is 26.5. The van der Waals surface area contributed by atoms with E-state index in [9.17, 15) is 18.0 Å². The lowest BCUT2D eigenvalue weighted by Gasteiger charge is -2.36. The first-order chi connectivity index (χ1) is 15.7. The number of carbonyl (C=O) groups is 2. The average Bonchev–Trinajstić information content (AvgIpc) is 3.30. The van der Waals surface area contributed by atoms with E-state index in [0.717, 1.165) is 5.56 Å². The van der Waals surface area contributed by atoms with Crippen LogP contribution in [0, 0.1) is 6.92 Å². The highest BCUT2D eigenvalue weighted by atomic mass is 32.2. The van der Waals surface area contributed by atoms with Crippen molar-refractivity contribution in [3.05, 3.63) is 41.7 Å². The van der Waals surface area contributed by atoms with Gasteiger partial charge in [0, 0.05) is 26.2 Å². The molecule has 1 fully saturated rings. The molecule has 1 aliphatic heterocycles. The number of carbonyl (C=O) groups excluding carboxylic acids is 2. The van der Waals surface area contributed by atoms with Crippen molar-refractivity contribution >= 4 is 27.6 Å². The Morgan fingerprint density at radius 3 is 2.48 bits per heavy atom. The fourth-order valence-corrected chi connectivity index (χ4v) is 4.89. The quantitative estimate of drug-likeness (QED) is 0.572. The first kappa shape index (κ1) is 24.7. The summed E-state index contributed by atoms with van der Waals surface area (Å²) in [6.07, 6.45) is 0. The SMILES string of the molecule is CCOC(=O)c1ccc(S(=O)(=O)N2CCN(C(C)C(=O)Nc3cc(C)ccc3OC)CC2)o1. The minimum Gasteiger partial charge on any atom is -0.495 e. The molecule has 0 bridgehead atoms. The number of piperazine rings is 1. The second-order valence-electron chi connectivity index (χ2n) is 7.65. The molecule has 1 amide bonds. The molecule has 0 radical (unpaired) electrons. The Morgan fingerprint density at radius 2 is 1.85 bits per heavy atom. The summed E-state index contributed by atoms with van der Waals surface area (Å²) in [5.41, 5.74) is 1.58. The number of nitrogens with zero attached hydrogens (tertiary/aromatic N) is 2. The van der Waals surface area contributed by atoms with Crippen molar-refractivity contribution in [3.63, 3.8) is 0 Å². The predicted octanol–water partition coefficient (Wildman–Crippen LogP) is 2.11. The average molecular weight is 480 g/mol. The maximum Gasteiger partial charge on any atom is 0.374 e. The number of benzene rings is 1. The number of sulfonamides is 1. The number of rotatable bonds is 8. The van der Waals surface area contributed by atoms with Gasteiger partial charge in [-0.1, -0.05) is 6.07 Å². The van der Waals surface area contributed by atoms with E-state index in [0.29, 0.717) is 24.5 Å². The van der Waals surface area contributed by atoms with Gasteiger partial charge in [0.2, 0.25) is 16.8 Å². The summed E-state index contributed by atoms with van der Waals surface area (Å²) in [6, 6.07) is 7.58. The minimum atomic E-state index is -3.91. The first-order valence-electron chi connectivity index (χ1n) is 10.6. The van der Waals surface area contributed by atoms with E-state index in [4.69, 9.17) is 13.9 Å². The van der Waals surface area contributed by atoms with Crippen LogP contribution in [0.1, 0.15) is 30.0 Å². The number of anilines is 1. The molecule has 1 aliphatic rings. The Morgan fingerprint density at radius 1 is 1.15 bits per heavy atom. The van der Waals surface area contributed by atoms with Gasteiger partial charge < -0.3 is 19.2 Å². The van der Waals surface area contributed by atoms with Gasteiger partial charge in [-0.3, -0.25) is 9.69 Å². The summed E-state index contributed by atoms with van der Waals surface area (Å²) in [5, 5.41) is 2.59. The standard InChI is InChI=1S/C22H29N3O7S/c1-5-31-22(27)19-8-9-20(32-19)33(28,29)25-12-10-24(11-13-25)16(3)21(26)23-17-14-15(2)6-7-18(17)30-4/h6-9,14,16H,5,10-13H2,1-4H3,(H,23,26). The Balaban J connectivity index is 1.61. The van der Waals surface area contributed by atoms with Crippen LogP contribution < -0.4 is 10.1 Å². The largest absolute Gasteiger partial charge is 0.495 e. The van der Waals surface area contributed by atoms with Gasteiger partial charge in [-0.05, 0) is 50.6 Å². The van der Waals surface area contributed by atoms with Crippen LogP contribution in [0.5, 0.6) is 5.75 Å². The molecule has 0 spiro atoms. The van der Waals surface area contributed by atoms with Crippen molar-refractivity contribution in [2.24, 2.45) is 0 Å². The van der Waals surface area contributed by atoms with Crippen molar-refractivity contribution in [2.75, 3.05) is 45.2 Å². The van der Waals surface area contributed by atoms with Crippen LogP contribution in [0.25, 0.3) is 0 Å². The number of aryl methyl sites for hydroxylation is 1. The molecule has 1 aromatic heterocycles. The molecule has 1 aromatic carbocycles. The molecule has 10 nitrogen and oxygen atoms in total. The van der Waals surface area contributed by atoms with Gasteiger partial charge >= 0.3 is 5.97 Å². The van der Waals surface area contributed by atoms with E-state index in [-0.39, 0.29) is 36.5 Å². The lowest BCUT2D eigenvalue weighted by atomic mass is 10.2. The minimum absolute atomic E-state index is 0.159. The van der Waals surface area contributed by atoms with Crippen LogP contribution in [-0.2, 0) is 19.6 Å². The molecule has 2 heterocycles. The van der Waals surface area contributed by atoms with Gasteiger partial charge in [-0.25, -0.2) is 13.2 Å². The molecule has 1 atom stereocenters. The zero-order valence-electron chi connectivity index (χ0n) is 19.2. The summed E-state index contributed by atoms with van der Waals surface area (Å²) < 4.78 is 42.5. The summed E-state index contributed by atoms with van der Waals surface area (Å²) >= 11 is 0. The highest BCUT2D eigenvalue weighted by Gasteiger charge is 2.34. The van der Waals surface area contributed by atoms with Gasteiger partial charge in [0.05, 0.1) is 25.4 Å². The number of ether oxygens (including phenoxy) is 2. The molecule has 11 heteroatoms. The Kier molecular flexibility index (Phi) is 7.77. The lowest BCUT2D eigenvalue weighted by Crippen LogP contribution is -2.53. The normalized spacial score (nSPS) is 16.2. The third kappa shape index (κ3) is 5.55. The molecule has 2 aromatic rings. The highest BCUT2D eigenvalue weighted by Crippen LogP contribution is 2.26. The monoisotopic (exact) mass is 479 g/mol. The van der Waals surface area contributed by atoms with Crippen LogP contribution in [0.4, 0.5) is 5.69 Å². The molecular formula is C22H29N3O7S. The van der Waals surface area contributed by atoms with E-state index >= 15 is 0 Å². The van der Waals surface area contributed by atoms with Crippen molar-refractivity contribution in [2.45, 2.75) is 31.9 Å². The fraction of sp³-hybridized carbons (Fsp3) is 0.455. The van der Waals surface area contributed by atoms with Crippen LogP contribution in [0.3, 0.4) is 0 Å². The van der Waals surface area contributed by atoms with E-state index in [2.05, 4.69) is 5.32 Å². The number of hydrogen-bond donors (Lipinski definition) is 1.